The van der Waals surface area contributed by atoms with Crippen molar-refractivity contribution in [2.45, 2.75) is 73.8 Å². The van der Waals surface area contributed by atoms with Crippen LogP contribution in [0.3, 0.4) is 0 Å². The summed E-state index contributed by atoms with van der Waals surface area (Å²) in [6.07, 6.45) is 4.01. The lowest BCUT2D eigenvalue weighted by molar-refractivity contribution is 0.269. The molecule has 0 bridgehead atoms. The van der Waals surface area contributed by atoms with E-state index in [1.807, 2.05) is 0 Å². The molecule has 0 aromatic rings. The highest BCUT2D eigenvalue weighted by Crippen LogP contribution is 2.25. The van der Waals surface area contributed by atoms with E-state index in [0.29, 0.717) is 6.04 Å². The van der Waals surface area contributed by atoms with Gasteiger partial charge in [0.2, 0.25) is 0 Å². The summed E-state index contributed by atoms with van der Waals surface area (Å²) in [5.41, 5.74) is 0. The minimum Gasteiger partial charge on any atom is -0.317 e. The van der Waals surface area contributed by atoms with Crippen LogP contribution >= 0.6 is 0 Å². The Morgan fingerprint density at radius 2 is 1.11 bits per heavy atom. The van der Waals surface area contributed by atoms with Gasteiger partial charge < -0.3 is 5.32 Å². The Morgan fingerprint density at radius 1 is 0.667 bits per heavy atom. The standard InChI is InChI=1S/C17H37N/c1-12(2)15(6)9-14(5)10-17(18-8)11-16(7)13(3)4/h12-18H,9-11H2,1-8H3/t14?,15-,16?,17?/m0/s1. The van der Waals surface area contributed by atoms with E-state index in [0.717, 1.165) is 29.6 Å². The van der Waals surface area contributed by atoms with E-state index in [4.69, 9.17) is 0 Å². The molecule has 0 heterocycles. The molecule has 1 N–H and O–H groups in total. The second-order valence-corrected chi connectivity index (χ2v) is 7.24. The van der Waals surface area contributed by atoms with E-state index < -0.39 is 0 Å². The fourth-order valence-electron chi connectivity index (χ4n) is 2.54. The second kappa shape index (κ2) is 8.96. The van der Waals surface area contributed by atoms with E-state index in [2.05, 4.69) is 60.8 Å². The molecule has 4 atom stereocenters. The zero-order valence-corrected chi connectivity index (χ0v) is 14.1. The smallest absolute Gasteiger partial charge is 0.00692 e. The fraction of sp³-hybridized carbons (Fsp3) is 1.00. The zero-order chi connectivity index (χ0) is 14.3. The molecule has 110 valence electrons. The van der Waals surface area contributed by atoms with E-state index in [1.165, 1.54) is 19.3 Å². The molecule has 0 aliphatic rings. The summed E-state index contributed by atoms with van der Waals surface area (Å²) in [6, 6.07) is 0.691. The van der Waals surface area contributed by atoms with Gasteiger partial charge in [-0.2, -0.15) is 0 Å². The van der Waals surface area contributed by atoms with Crippen molar-refractivity contribution >= 4 is 0 Å². The van der Waals surface area contributed by atoms with Crippen LogP contribution in [0.15, 0.2) is 0 Å². The van der Waals surface area contributed by atoms with Gasteiger partial charge in [-0.05, 0) is 55.9 Å². The molecule has 3 unspecified atom stereocenters. The predicted octanol–water partition coefficient (Wildman–Crippen LogP) is 4.97. The van der Waals surface area contributed by atoms with Crippen LogP contribution in [0.4, 0.5) is 0 Å². The Kier molecular flexibility index (Phi) is 8.94. The highest BCUT2D eigenvalue weighted by Gasteiger charge is 2.19. The Labute approximate surface area is 116 Å². The lowest BCUT2D eigenvalue weighted by Gasteiger charge is -2.27. The summed E-state index contributed by atoms with van der Waals surface area (Å²) >= 11 is 0. The van der Waals surface area contributed by atoms with Crippen molar-refractivity contribution in [3.8, 4) is 0 Å². The van der Waals surface area contributed by atoms with E-state index >= 15 is 0 Å². The fourth-order valence-corrected chi connectivity index (χ4v) is 2.54. The molecule has 0 aromatic carbocycles. The highest BCUT2D eigenvalue weighted by molar-refractivity contribution is 4.74. The Hall–Kier alpha value is -0.0400. The van der Waals surface area contributed by atoms with Gasteiger partial charge in [-0.25, -0.2) is 0 Å². The van der Waals surface area contributed by atoms with Crippen molar-refractivity contribution in [1.29, 1.82) is 0 Å². The van der Waals surface area contributed by atoms with Crippen LogP contribution in [-0.4, -0.2) is 13.1 Å². The van der Waals surface area contributed by atoms with Gasteiger partial charge in [-0.1, -0.05) is 48.5 Å². The van der Waals surface area contributed by atoms with Crippen molar-refractivity contribution < 1.29 is 0 Å². The third-order valence-electron chi connectivity index (χ3n) is 4.80. The Bertz CT molecular complexity index is 198. The molecular weight excluding hydrogens is 218 g/mol. The second-order valence-electron chi connectivity index (χ2n) is 7.24. The minimum atomic E-state index is 0.691. The van der Waals surface area contributed by atoms with Gasteiger partial charge in [-0.15, -0.1) is 0 Å². The molecule has 0 saturated carbocycles. The molecule has 0 aliphatic carbocycles. The first-order valence-electron chi connectivity index (χ1n) is 7.95. The van der Waals surface area contributed by atoms with E-state index in [9.17, 15) is 0 Å². The molecule has 18 heavy (non-hydrogen) atoms. The molecule has 0 fully saturated rings. The third kappa shape index (κ3) is 7.41. The van der Waals surface area contributed by atoms with Gasteiger partial charge in [0.1, 0.15) is 0 Å². The average Bonchev–Trinajstić information content (AvgIpc) is 2.27. The molecular formula is C17H37N. The van der Waals surface area contributed by atoms with Gasteiger partial charge in [0.25, 0.3) is 0 Å². The highest BCUT2D eigenvalue weighted by atomic mass is 14.9. The summed E-state index contributed by atoms with van der Waals surface area (Å²) in [7, 11) is 2.12. The lowest BCUT2D eigenvalue weighted by Crippen LogP contribution is -2.31. The summed E-state index contributed by atoms with van der Waals surface area (Å²) < 4.78 is 0. The van der Waals surface area contributed by atoms with Gasteiger partial charge in [0, 0.05) is 6.04 Å². The normalized spacial score (nSPS) is 19.0. The van der Waals surface area contributed by atoms with Gasteiger partial charge >= 0.3 is 0 Å². The molecule has 1 heteroatoms. The molecule has 0 aromatic heterocycles. The maximum Gasteiger partial charge on any atom is 0.00692 e. The summed E-state index contributed by atoms with van der Waals surface area (Å²) in [4.78, 5) is 0. The number of hydrogen-bond acceptors (Lipinski definition) is 1. The molecule has 0 radical (unpaired) electrons. The van der Waals surface area contributed by atoms with Crippen LogP contribution in [0.1, 0.15) is 67.7 Å². The van der Waals surface area contributed by atoms with Crippen LogP contribution in [0.2, 0.25) is 0 Å². The molecule has 0 rings (SSSR count). The number of hydrogen-bond donors (Lipinski definition) is 1. The minimum absolute atomic E-state index is 0.691. The van der Waals surface area contributed by atoms with Gasteiger partial charge in [0.15, 0.2) is 0 Å². The summed E-state index contributed by atoms with van der Waals surface area (Å²) in [5.74, 6) is 4.11. The number of nitrogens with one attached hydrogen (secondary N) is 1. The Morgan fingerprint density at radius 3 is 1.50 bits per heavy atom. The van der Waals surface area contributed by atoms with Crippen LogP contribution in [-0.2, 0) is 0 Å². The van der Waals surface area contributed by atoms with Crippen molar-refractivity contribution in [3.63, 3.8) is 0 Å². The predicted molar refractivity (Wildman–Crippen MR) is 83.9 cm³/mol. The largest absolute Gasteiger partial charge is 0.317 e. The first-order valence-corrected chi connectivity index (χ1v) is 7.95. The van der Waals surface area contributed by atoms with E-state index in [-0.39, 0.29) is 0 Å². The van der Waals surface area contributed by atoms with Gasteiger partial charge in [0.05, 0.1) is 0 Å². The summed E-state index contributed by atoms with van der Waals surface area (Å²) in [6.45, 7) is 16.6. The average molecular weight is 255 g/mol. The van der Waals surface area contributed by atoms with Crippen molar-refractivity contribution in [2.75, 3.05) is 7.05 Å². The summed E-state index contributed by atoms with van der Waals surface area (Å²) in [5, 5.41) is 3.52. The topological polar surface area (TPSA) is 12.0 Å². The van der Waals surface area contributed by atoms with Crippen molar-refractivity contribution in [3.05, 3.63) is 0 Å². The molecule has 0 saturated heterocycles. The van der Waals surface area contributed by atoms with Crippen LogP contribution in [0.5, 0.6) is 0 Å². The molecule has 1 nitrogen and oxygen atoms in total. The van der Waals surface area contributed by atoms with Crippen LogP contribution in [0.25, 0.3) is 0 Å². The third-order valence-corrected chi connectivity index (χ3v) is 4.80. The number of rotatable bonds is 9. The lowest BCUT2D eigenvalue weighted by atomic mass is 9.83. The van der Waals surface area contributed by atoms with Crippen molar-refractivity contribution in [2.24, 2.45) is 29.6 Å². The van der Waals surface area contributed by atoms with Gasteiger partial charge in [-0.3, -0.25) is 0 Å². The molecule has 0 aliphatic heterocycles. The van der Waals surface area contributed by atoms with Crippen LogP contribution < -0.4 is 5.32 Å². The SMILES string of the molecule is CNC(CC(C)C[C@H](C)C(C)C)CC(C)C(C)C. The Balaban J connectivity index is 4.11. The van der Waals surface area contributed by atoms with Crippen molar-refractivity contribution in [1.82, 2.24) is 5.32 Å². The first-order chi connectivity index (χ1) is 8.27. The molecule has 0 amide bonds. The maximum atomic E-state index is 3.52. The first kappa shape index (κ1) is 18.0. The zero-order valence-electron chi connectivity index (χ0n) is 14.1. The maximum absolute atomic E-state index is 3.52. The van der Waals surface area contributed by atoms with Crippen LogP contribution in [0, 0.1) is 29.6 Å². The monoisotopic (exact) mass is 255 g/mol. The quantitative estimate of drug-likeness (QED) is 0.613. The molecule has 0 spiro atoms. The van der Waals surface area contributed by atoms with E-state index in [1.54, 1.807) is 0 Å².